The Labute approximate surface area is 399 Å². The number of amides is 4. The van der Waals surface area contributed by atoms with Crippen LogP contribution in [0.5, 0.6) is 0 Å². The standard InChI is InChI=1S/C52H68N8O8/c1-28-8-20-42(59(28)49(61)45(57-51(63)65-6)38-22-30(3)67-31(4)23-38)47-53-26-40(55-47)35-14-10-33(11-15-35)34-12-16-36(17-13-34)41-27-54-48(56-41)43-21-9-29(2)60(43)50(62)46(58-52(64)66-7)39-24-32(5)68-44(25-39)37-18-19-37/h10-17,26-32,37-39,42-46H,8-9,18-25H2,1-7H3,(H,53,55)(H,54,56)(H,57,63)(H,58,64). The van der Waals surface area contributed by atoms with Crippen LogP contribution in [0.2, 0.25) is 0 Å². The van der Waals surface area contributed by atoms with E-state index in [1.807, 2.05) is 36.0 Å². The van der Waals surface area contributed by atoms with Crippen LogP contribution in [0.15, 0.2) is 60.9 Å². The van der Waals surface area contributed by atoms with E-state index < -0.39 is 24.3 Å². The van der Waals surface area contributed by atoms with Gasteiger partial charge in [-0.05, 0) is 139 Å². The number of hydrogen-bond donors (Lipinski definition) is 4. The van der Waals surface area contributed by atoms with Gasteiger partial charge in [-0.15, -0.1) is 0 Å². The highest BCUT2D eigenvalue weighted by atomic mass is 16.5. The van der Waals surface area contributed by atoms with Crippen molar-refractivity contribution in [2.24, 2.45) is 17.8 Å². The third-order valence-corrected chi connectivity index (χ3v) is 15.2. The number of methoxy groups -OCH3 is 2. The van der Waals surface area contributed by atoms with Gasteiger partial charge in [-0.1, -0.05) is 48.5 Å². The van der Waals surface area contributed by atoms with Gasteiger partial charge >= 0.3 is 12.2 Å². The lowest BCUT2D eigenvalue weighted by atomic mass is 9.83. The second kappa shape index (κ2) is 20.1. The zero-order valence-electron chi connectivity index (χ0n) is 40.4. The fourth-order valence-electron chi connectivity index (χ4n) is 11.7. The highest BCUT2D eigenvalue weighted by Crippen LogP contribution is 2.44. The third-order valence-electron chi connectivity index (χ3n) is 15.2. The normalized spacial score (nSPS) is 29.3. The molecule has 5 aliphatic rings. The topological polar surface area (TPSA) is 193 Å². The van der Waals surface area contributed by atoms with Gasteiger partial charge < -0.3 is 49.3 Å². The number of H-pyrrole nitrogens is 2. The summed E-state index contributed by atoms with van der Waals surface area (Å²) >= 11 is 0. The van der Waals surface area contributed by atoms with E-state index in [-0.39, 0.29) is 72.2 Å². The maximum Gasteiger partial charge on any atom is 0.407 e. The first-order valence-corrected chi connectivity index (χ1v) is 24.7. The van der Waals surface area contributed by atoms with Gasteiger partial charge in [-0.3, -0.25) is 9.59 Å². The molecule has 4 saturated heterocycles. The summed E-state index contributed by atoms with van der Waals surface area (Å²) in [6, 6.07) is 14.6. The predicted octanol–water partition coefficient (Wildman–Crippen LogP) is 8.48. The Morgan fingerprint density at radius 2 is 0.971 bits per heavy atom. The molecule has 0 bridgehead atoms. The Balaban J connectivity index is 0.863. The van der Waals surface area contributed by atoms with Crippen molar-refractivity contribution >= 4 is 24.0 Å². The highest BCUT2D eigenvalue weighted by molar-refractivity contribution is 5.88. The van der Waals surface area contributed by atoms with Crippen molar-refractivity contribution in [1.29, 1.82) is 0 Å². The molecule has 16 nitrogen and oxygen atoms in total. The van der Waals surface area contributed by atoms with Crippen LogP contribution in [0.4, 0.5) is 9.59 Å². The van der Waals surface area contributed by atoms with Gasteiger partial charge in [-0.2, -0.15) is 0 Å². The summed E-state index contributed by atoms with van der Waals surface area (Å²) in [6.45, 7) is 10.2. The third kappa shape index (κ3) is 10.0. The van der Waals surface area contributed by atoms with Crippen molar-refractivity contribution in [3.63, 3.8) is 0 Å². The number of alkyl carbamates (subject to hydrolysis) is 2. The number of ether oxygens (including phenoxy) is 4. The number of nitrogens with one attached hydrogen (secondary N) is 4. The number of nitrogens with zero attached hydrogens (tertiary/aromatic N) is 4. The second-order valence-corrected chi connectivity index (χ2v) is 20.2. The summed E-state index contributed by atoms with van der Waals surface area (Å²) in [7, 11) is 2.65. The molecule has 6 heterocycles. The fourth-order valence-corrected chi connectivity index (χ4v) is 11.7. The van der Waals surface area contributed by atoms with E-state index in [1.54, 1.807) is 0 Å². The van der Waals surface area contributed by atoms with Gasteiger partial charge in [0.1, 0.15) is 23.7 Å². The first-order chi connectivity index (χ1) is 32.8. The Morgan fingerprint density at radius 3 is 1.38 bits per heavy atom. The SMILES string of the molecule is COC(=O)NC(C(=O)N1C(C)CCC1c1ncc(-c2ccc(-c3ccc(-c4cnc(C5CCC(C)N5C(=O)C(NC(=O)OC)C5CC(C)OC(C6CC6)C5)[nH]4)cc3)cc2)[nH]1)C1CC(C)OC(C)C1. The van der Waals surface area contributed by atoms with Crippen LogP contribution in [-0.4, -0.2) is 117 Å². The molecule has 0 radical (unpaired) electrons. The number of rotatable bonds is 12. The molecule has 2 aromatic heterocycles. The van der Waals surface area contributed by atoms with E-state index in [9.17, 15) is 19.2 Å². The lowest BCUT2D eigenvalue weighted by Gasteiger charge is -2.40. The van der Waals surface area contributed by atoms with Crippen LogP contribution in [0.25, 0.3) is 33.6 Å². The molecule has 0 spiro atoms. The van der Waals surface area contributed by atoms with E-state index in [0.29, 0.717) is 25.2 Å². The van der Waals surface area contributed by atoms with Crippen molar-refractivity contribution in [2.45, 2.75) is 159 Å². The van der Waals surface area contributed by atoms with Crippen LogP contribution in [0.1, 0.15) is 123 Å². The zero-order valence-corrected chi connectivity index (χ0v) is 40.4. The van der Waals surface area contributed by atoms with Crippen LogP contribution in [0, 0.1) is 17.8 Å². The Bertz CT molecular complexity index is 2410. The molecular weight excluding hydrogens is 865 g/mol. The minimum absolute atomic E-state index is 0.00416. The van der Waals surface area contributed by atoms with Crippen molar-refractivity contribution in [2.75, 3.05) is 14.2 Å². The Kier molecular flexibility index (Phi) is 14.0. The molecule has 2 aromatic carbocycles. The molecule has 5 fully saturated rings. The maximum absolute atomic E-state index is 14.6. The van der Waals surface area contributed by atoms with Gasteiger partial charge in [0.05, 0.1) is 74.5 Å². The molecule has 68 heavy (non-hydrogen) atoms. The number of imidazole rings is 2. The average molecular weight is 933 g/mol. The molecule has 11 atom stereocenters. The van der Waals surface area contributed by atoms with E-state index in [1.165, 1.54) is 14.2 Å². The van der Waals surface area contributed by atoms with E-state index in [4.69, 9.17) is 28.9 Å². The molecule has 4 aromatic rings. The molecule has 1 aliphatic carbocycles. The molecule has 4 N–H and O–H groups in total. The van der Waals surface area contributed by atoms with E-state index in [0.717, 1.165) is 90.2 Å². The molecular formula is C52H68N8O8. The number of likely N-dealkylation sites (tertiary alicyclic amines) is 2. The molecule has 4 amide bonds. The summed E-state index contributed by atoms with van der Waals surface area (Å²) < 4.78 is 22.2. The molecule has 1 saturated carbocycles. The molecule has 11 unspecified atom stereocenters. The van der Waals surface area contributed by atoms with Gasteiger partial charge in [0, 0.05) is 12.1 Å². The van der Waals surface area contributed by atoms with Crippen molar-refractivity contribution in [3.05, 3.63) is 72.6 Å². The minimum Gasteiger partial charge on any atom is -0.453 e. The summed E-state index contributed by atoms with van der Waals surface area (Å²) in [4.78, 5) is 74.7. The first-order valence-electron chi connectivity index (χ1n) is 24.7. The van der Waals surface area contributed by atoms with E-state index >= 15 is 0 Å². The number of aromatic nitrogens is 4. The average Bonchev–Trinajstić information content (AvgIpc) is 3.62. The first kappa shape index (κ1) is 47.3. The molecule has 4 aliphatic heterocycles. The number of carbonyl (C=O) groups is 4. The number of benzene rings is 2. The highest BCUT2D eigenvalue weighted by Gasteiger charge is 2.47. The lowest BCUT2D eigenvalue weighted by Crippen LogP contribution is -2.55. The summed E-state index contributed by atoms with van der Waals surface area (Å²) in [6.07, 6.45) is 10.7. The van der Waals surface area contributed by atoms with Gasteiger partial charge in [0.2, 0.25) is 11.8 Å². The molecule has 364 valence electrons. The molecule has 9 rings (SSSR count). The molecule has 16 heteroatoms. The van der Waals surface area contributed by atoms with Crippen molar-refractivity contribution in [3.8, 4) is 33.6 Å². The van der Waals surface area contributed by atoms with Gasteiger partial charge in [-0.25, -0.2) is 19.6 Å². The van der Waals surface area contributed by atoms with Crippen LogP contribution in [-0.2, 0) is 28.5 Å². The predicted molar refractivity (Wildman–Crippen MR) is 255 cm³/mol. The van der Waals surface area contributed by atoms with Crippen LogP contribution >= 0.6 is 0 Å². The van der Waals surface area contributed by atoms with Crippen molar-refractivity contribution < 1.29 is 38.1 Å². The number of aromatic amines is 2. The largest absolute Gasteiger partial charge is 0.453 e. The van der Waals surface area contributed by atoms with Crippen molar-refractivity contribution in [1.82, 2.24) is 40.4 Å². The van der Waals surface area contributed by atoms with Gasteiger partial charge in [0.15, 0.2) is 0 Å². The summed E-state index contributed by atoms with van der Waals surface area (Å²) in [5, 5.41) is 5.81. The smallest absolute Gasteiger partial charge is 0.407 e. The minimum atomic E-state index is -0.736. The fraction of sp³-hybridized carbons (Fsp3) is 0.577. The van der Waals surface area contributed by atoms with Crippen LogP contribution in [0.3, 0.4) is 0 Å². The zero-order chi connectivity index (χ0) is 47.8. The lowest BCUT2D eigenvalue weighted by molar-refractivity contribution is -0.141. The number of carbonyl (C=O) groups excluding carboxylic acids is 4. The second-order valence-electron chi connectivity index (χ2n) is 20.2. The summed E-state index contributed by atoms with van der Waals surface area (Å²) in [5.74, 6) is 1.61. The monoisotopic (exact) mass is 933 g/mol. The Morgan fingerprint density at radius 1 is 0.574 bits per heavy atom. The number of hydrogen-bond acceptors (Lipinski definition) is 10. The Hall–Kier alpha value is -5.74. The maximum atomic E-state index is 14.6. The quantitative estimate of drug-likeness (QED) is 0.107. The van der Waals surface area contributed by atoms with Gasteiger partial charge in [0.25, 0.3) is 0 Å². The van der Waals surface area contributed by atoms with Crippen LogP contribution < -0.4 is 10.6 Å². The van der Waals surface area contributed by atoms with E-state index in [2.05, 4.69) is 89.9 Å². The summed E-state index contributed by atoms with van der Waals surface area (Å²) in [5.41, 5.74) is 5.77.